The van der Waals surface area contributed by atoms with Gasteiger partial charge in [0.05, 0.1) is 19.4 Å². The molecule has 0 amide bonds. The van der Waals surface area contributed by atoms with Gasteiger partial charge >= 0.3 is 7.60 Å². The highest BCUT2D eigenvalue weighted by Crippen LogP contribution is 2.49. The molecule has 0 bridgehead atoms. The molecule has 324 valence electrons. The van der Waals surface area contributed by atoms with Crippen LogP contribution in [0.5, 0.6) is 0 Å². The predicted octanol–water partition coefficient (Wildman–Crippen LogP) is 16.0. The van der Waals surface area contributed by atoms with Gasteiger partial charge in [-0.25, -0.2) is 4.57 Å². The Labute approximate surface area is 345 Å². The highest BCUT2D eigenvalue weighted by molar-refractivity contribution is 7.53. The number of nitrogens with zero attached hydrogens (tertiary/aromatic N) is 1. The maximum atomic E-state index is 14.1. The van der Waals surface area contributed by atoms with Crippen molar-refractivity contribution in [3.8, 4) is 0 Å². The van der Waals surface area contributed by atoms with Crippen LogP contribution in [0.2, 0.25) is 0 Å². The lowest BCUT2D eigenvalue weighted by Gasteiger charge is -2.21. The largest absolute Gasteiger partial charge is 0.330 e. The van der Waals surface area contributed by atoms with E-state index in [9.17, 15) is 4.57 Å². The number of unbranched alkanes of at least 4 members (excludes halogenated alkanes) is 1. The van der Waals surface area contributed by atoms with Crippen LogP contribution < -0.4 is 4.57 Å². The van der Waals surface area contributed by atoms with Gasteiger partial charge in [-0.1, -0.05) is 185 Å². The molecule has 0 aliphatic carbocycles. The second-order valence-corrected chi connectivity index (χ2v) is 22.1. The fourth-order valence-electron chi connectivity index (χ4n) is 8.16. The van der Waals surface area contributed by atoms with Crippen molar-refractivity contribution in [2.24, 2.45) is 54.4 Å². The Morgan fingerprint density at radius 3 is 1.09 bits per heavy atom. The summed E-state index contributed by atoms with van der Waals surface area (Å²) in [5.74, 6) is 6.22. The number of hydrogen-bond acceptors (Lipinski definition) is 3. The van der Waals surface area contributed by atoms with Crippen molar-refractivity contribution in [3.05, 3.63) is 30.1 Å². The molecule has 1 rings (SSSR count). The fourth-order valence-corrected chi connectivity index (χ4v) is 9.87. The van der Waals surface area contributed by atoms with Crippen LogP contribution in [0.3, 0.4) is 0 Å². The van der Waals surface area contributed by atoms with E-state index in [1.165, 1.54) is 121 Å². The number of hydrogen-bond donors (Lipinski definition) is 0. The summed E-state index contributed by atoms with van der Waals surface area (Å²) in [6, 6.07) is 4.37. The van der Waals surface area contributed by atoms with Gasteiger partial charge in [-0.3, -0.25) is 4.57 Å². The summed E-state index contributed by atoms with van der Waals surface area (Å²) in [5, 5.41) is 0. The minimum atomic E-state index is -3.11. The van der Waals surface area contributed by atoms with Crippen molar-refractivity contribution in [1.29, 1.82) is 0 Å². The summed E-state index contributed by atoms with van der Waals surface area (Å²) >= 11 is 0. The van der Waals surface area contributed by atoms with Crippen LogP contribution in [0.25, 0.3) is 0 Å². The zero-order valence-corrected chi connectivity index (χ0v) is 39.8. The van der Waals surface area contributed by atoms with Crippen molar-refractivity contribution in [2.75, 3.05) is 19.4 Å². The molecule has 55 heavy (non-hydrogen) atoms. The number of rotatable bonds is 37. The molecular weight excluding hydrogens is 694 g/mol. The molecule has 6 atom stereocenters. The lowest BCUT2D eigenvalue weighted by Crippen LogP contribution is -2.25. The molecule has 0 spiro atoms. The van der Waals surface area contributed by atoms with E-state index in [0.717, 1.165) is 67.6 Å². The summed E-state index contributed by atoms with van der Waals surface area (Å²) in [4.78, 5) is 0. The zero-order valence-electron chi connectivity index (χ0n) is 38.9. The Morgan fingerprint density at radius 2 is 0.764 bits per heavy atom. The Hall–Kier alpha value is -0.700. The van der Waals surface area contributed by atoms with Crippen LogP contribution in [0, 0.1) is 47.3 Å². The molecule has 0 aliphatic heterocycles. The molecule has 0 aliphatic rings. The van der Waals surface area contributed by atoms with Crippen molar-refractivity contribution in [3.63, 3.8) is 0 Å². The van der Waals surface area contributed by atoms with E-state index >= 15 is 0 Å². The monoisotopic (exact) mass is 791 g/mol. The maximum Gasteiger partial charge on any atom is 0.330 e. The van der Waals surface area contributed by atoms with Crippen LogP contribution in [0.4, 0.5) is 0 Å². The van der Waals surface area contributed by atoms with Crippen LogP contribution >= 0.6 is 7.60 Å². The van der Waals surface area contributed by atoms with Crippen LogP contribution in [0.15, 0.2) is 24.5 Å². The third kappa shape index (κ3) is 31.0. The van der Waals surface area contributed by atoms with E-state index in [1.54, 1.807) is 0 Å². The number of aryl methyl sites for hydroxylation is 2. The first kappa shape index (κ1) is 52.3. The van der Waals surface area contributed by atoms with Gasteiger partial charge in [0.1, 0.15) is 7.05 Å². The van der Waals surface area contributed by atoms with Gasteiger partial charge in [0, 0.05) is 12.1 Å². The van der Waals surface area contributed by atoms with E-state index in [1.807, 2.05) is 0 Å². The van der Waals surface area contributed by atoms with E-state index in [-0.39, 0.29) is 0 Å². The fraction of sp³-hybridized carbons (Fsp3) is 0.900. The van der Waals surface area contributed by atoms with Crippen LogP contribution in [0.1, 0.15) is 216 Å². The van der Waals surface area contributed by atoms with Gasteiger partial charge < -0.3 is 9.05 Å². The third-order valence-corrected chi connectivity index (χ3v) is 14.5. The molecule has 5 heteroatoms. The zero-order chi connectivity index (χ0) is 40.9. The molecule has 1 aromatic heterocycles. The van der Waals surface area contributed by atoms with Crippen LogP contribution in [-0.2, 0) is 27.1 Å². The predicted molar refractivity (Wildman–Crippen MR) is 242 cm³/mol. The Balaban J connectivity index is 2.40. The van der Waals surface area contributed by atoms with Crippen molar-refractivity contribution < 1.29 is 18.2 Å². The summed E-state index contributed by atoms with van der Waals surface area (Å²) in [7, 11) is -1.06. The van der Waals surface area contributed by atoms with Crippen molar-refractivity contribution in [2.45, 2.75) is 217 Å². The van der Waals surface area contributed by atoms with Gasteiger partial charge in [-0.05, 0) is 85.0 Å². The Morgan fingerprint density at radius 1 is 0.455 bits per heavy atom. The van der Waals surface area contributed by atoms with Gasteiger partial charge in [0.25, 0.3) is 0 Å². The summed E-state index contributed by atoms with van der Waals surface area (Å²) < 4.78 is 28.6. The lowest BCUT2D eigenvalue weighted by molar-refractivity contribution is -0.671. The Bertz CT molecular complexity index is 1000. The highest BCUT2D eigenvalue weighted by atomic mass is 31.2. The quantitative estimate of drug-likeness (QED) is 0.0383. The standard InChI is InChI=1S/C50H97NO3P/c1-42(2)20-14-22-44(5)24-16-26-46(7)28-18-30-48(9)35-39-53-55(52,41-13-12-32-50-33-37-51(11)38-34-50)54-40-36-49(10)31-19-29-47(8)27-17-25-45(6)23-15-21-43(3)4/h33-34,37-38,42-49H,12-32,35-36,39-41H2,1-11H3/q+1. The van der Waals surface area contributed by atoms with E-state index in [0.29, 0.717) is 31.2 Å². The van der Waals surface area contributed by atoms with Gasteiger partial charge in [-0.2, -0.15) is 0 Å². The molecule has 0 N–H and O–H groups in total. The molecule has 1 heterocycles. The second kappa shape index (κ2) is 32.2. The average Bonchev–Trinajstić information content (AvgIpc) is 3.10. The molecule has 4 nitrogen and oxygen atoms in total. The smallest absolute Gasteiger partial charge is 0.309 e. The summed E-state index contributed by atoms with van der Waals surface area (Å²) in [5.41, 5.74) is 1.33. The van der Waals surface area contributed by atoms with Crippen molar-refractivity contribution >= 4 is 7.60 Å². The SMILES string of the molecule is CC(C)CCCC(C)CCCC(C)CCCC(C)CCOP(=O)(CCCCc1cc[n+](C)cc1)OCCC(C)CCCC(C)CCCC(C)CCCC(C)C. The molecule has 1 aromatic rings. The van der Waals surface area contributed by atoms with Crippen LogP contribution in [-0.4, -0.2) is 19.4 Å². The third-order valence-electron chi connectivity index (χ3n) is 12.5. The Kier molecular flexibility index (Phi) is 30.6. The summed E-state index contributed by atoms with van der Waals surface area (Å²) in [6.07, 6.45) is 33.8. The molecule has 0 saturated carbocycles. The van der Waals surface area contributed by atoms with E-state index < -0.39 is 7.60 Å². The minimum Gasteiger partial charge on any atom is -0.309 e. The average molecular weight is 791 g/mol. The maximum absolute atomic E-state index is 14.1. The summed E-state index contributed by atoms with van der Waals surface area (Å²) in [6.45, 7) is 24.9. The van der Waals surface area contributed by atoms with Gasteiger partial charge in [0.2, 0.25) is 0 Å². The molecular formula is C50H97NO3P+. The first-order chi connectivity index (χ1) is 26.2. The molecule has 0 saturated heterocycles. The van der Waals surface area contributed by atoms with Crippen molar-refractivity contribution in [1.82, 2.24) is 0 Å². The van der Waals surface area contributed by atoms with Gasteiger partial charge in [-0.15, -0.1) is 0 Å². The molecule has 0 fully saturated rings. The topological polar surface area (TPSA) is 39.4 Å². The first-order valence-corrected chi connectivity index (χ1v) is 25.7. The highest BCUT2D eigenvalue weighted by Gasteiger charge is 2.25. The first-order valence-electron chi connectivity index (χ1n) is 24.0. The normalized spacial score (nSPS) is 16.6. The van der Waals surface area contributed by atoms with Gasteiger partial charge in [0.15, 0.2) is 12.4 Å². The number of aromatic nitrogens is 1. The molecule has 6 unspecified atom stereocenters. The lowest BCUT2D eigenvalue weighted by atomic mass is 9.91. The van der Waals surface area contributed by atoms with E-state index in [2.05, 4.69) is 105 Å². The van der Waals surface area contributed by atoms with E-state index in [4.69, 9.17) is 9.05 Å². The minimum absolute atomic E-state index is 0.526. The molecule has 0 aromatic carbocycles. The number of pyridine rings is 1. The second-order valence-electron chi connectivity index (χ2n) is 19.9. The molecule has 0 radical (unpaired) electrons.